The van der Waals surface area contributed by atoms with Crippen molar-refractivity contribution < 1.29 is 0 Å². The second kappa shape index (κ2) is 8.03. The van der Waals surface area contributed by atoms with Gasteiger partial charge in [0, 0.05) is 43.0 Å². The number of aryl methyl sites for hydroxylation is 3. The van der Waals surface area contributed by atoms with Gasteiger partial charge in [0.05, 0.1) is 29.3 Å². The second-order valence-electron chi connectivity index (χ2n) is 7.89. The van der Waals surface area contributed by atoms with E-state index in [1.807, 2.05) is 31.3 Å². The van der Waals surface area contributed by atoms with Crippen molar-refractivity contribution in [1.82, 2.24) is 29.1 Å². The predicted octanol–water partition coefficient (Wildman–Crippen LogP) is 4.23. The van der Waals surface area contributed by atoms with Gasteiger partial charge in [-0.1, -0.05) is 36.0 Å². The summed E-state index contributed by atoms with van der Waals surface area (Å²) < 4.78 is 4.13. The highest BCUT2D eigenvalue weighted by atomic mass is 35.5. The summed E-state index contributed by atoms with van der Waals surface area (Å²) in [5, 5.41) is 0.662. The molecule has 2 N–H and O–H groups in total. The Labute approximate surface area is 194 Å². The van der Waals surface area contributed by atoms with E-state index in [1.165, 1.54) is 4.57 Å². The molecule has 1 aromatic carbocycles. The van der Waals surface area contributed by atoms with Crippen molar-refractivity contribution in [2.75, 3.05) is 0 Å². The molecule has 4 aromatic rings. The number of hydrogen-bond donors (Lipinski definition) is 2. The lowest BCUT2D eigenvalue weighted by Gasteiger charge is -2.19. The van der Waals surface area contributed by atoms with E-state index in [0.717, 1.165) is 52.6 Å². The fraction of sp³-hybridized carbons (Fsp3) is 0.217. The van der Waals surface area contributed by atoms with Crippen molar-refractivity contribution in [2.24, 2.45) is 7.05 Å². The molecular formula is C23H21ClN6OS. The third-order valence-corrected chi connectivity index (χ3v) is 6.45. The van der Waals surface area contributed by atoms with E-state index in [9.17, 15) is 4.79 Å². The van der Waals surface area contributed by atoms with Crippen LogP contribution >= 0.6 is 23.8 Å². The molecule has 3 aromatic heterocycles. The molecule has 9 heteroatoms. The number of aromatic nitrogens is 6. The van der Waals surface area contributed by atoms with Gasteiger partial charge < -0.3 is 14.1 Å². The minimum atomic E-state index is -0.247. The first-order chi connectivity index (χ1) is 15.4. The van der Waals surface area contributed by atoms with E-state index in [0.29, 0.717) is 9.66 Å². The van der Waals surface area contributed by atoms with E-state index >= 15 is 0 Å². The van der Waals surface area contributed by atoms with E-state index in [2.05, 4.69) is 31.7 Å². The summed E-state index contributed by atoms with van der Waals surface area (Å²) in [6.45, 7) is 2.75. The van der Waals surface area contributed by atoms with Crippen LogP contribution < -0.4 is 5.69 Å². The average molecular weight is 465 g/mol. The smallest absolute Gasteiger partial charge is 0.326 e. The fourth-order valence-electron chi connectivity index (χ4n) is 4.30. The van der Waals surface area contributed by atoms with Crippen LogP contribution in [-0.2, 0) is 20.0 Å². The van der Waals surface area contributed by atoms with Gasteiger partial charge in [-0.15, -0.1) is 0 Å². The number of imidazole rings is 2. The maximum absolute atomic E-state index is 12.1. The number of halogens is 1. The first kappa shape index (κ1) is 20.7. The van der Waals surface area contributed by atoms with Crippen molar-refractivity contribution >= 4 is 36.0 Å². The zero-order valence-electron chi connectivity index (χ0n) is 17.6. The number of nitrogens with zero attached hydrogens (tertiary/aromatic N) is 4. The molecule has 0 saturated carbocycles. The van der Waals surface area contributed by atoms with Gasteiger partial charge >= 0.3 is 5.69 Å². The van der Waals surface area contributed by atoms with Crippen molar-refractivity contribution in [3.8, 4) is 0 Å². The van der Waals surface area contributed by atoms with Gasteiger partial charge in [0.1, 0.15) is 10.5 Å². The molecule has 3 heterocycles. The lowest BCUT2D eigenvalue weighted by Crippen LogP contribution is -2.22. The van der Waals surface area contributed by atoms with Gasteiger partial charge in [0.2, 0.25) is 0 Å². The monoisotopic (exact) mass is 464 g/mol. The summed E-state index contributed by atoms with van der Waals surface area (Å²) in [6, 6.07) is 5.84. The predicted molar refractivity (Wildman–Crippen MR) is 127 cm³/mol. The normalized spacial score (nSPS) is 14.8. The van der Waals surface area contributed by atoms with Gasteiger partial charge in [-0.2, -0.15) is 0 Å². The number of benzene rings is 1. The molecule has 1 atom stereocenters. The number of aromatic amines is 2. The highest BCUT2D eigenvalue weighted by molar-refractivity contribution is 7.71. The summed E-state index contributed by atoms with van der Waals surface area (Å²) in [5.74, 6) is 0.672. The Bertz CT molecular complexity index is 1460. The van der Waals surface area contributed by atoms with E-state index in [1.54, 1.807) is 19.6 Å². The van der Waals surface area contributed by atoms with Gasteiger partial charge in [-0.3, -0.25) is 4.98 Å². The number of nitrogens with one attached hydrogen (secondary N) is 2. The van der Waals surface area contributed by atoms with E-state index in [-0.39, 0.29) is 11.6 Å². The Balaban J connectivity index is 1.71. The lowest BCUT2D eigenvalue weighted by atomic mass is 9.87. The highest BCUT2D eigenvalue weighted by Crippen LogP contribution is 2.40. The maximum Gasteiger partial charge on any atom is 0.326 e. The van der Waals surface area contributed by atoms with Crippen molar-refractivity contribution in [3.63, 3.8) is 0 Å². The molecule has 0 bridgehead atoms. The molecule has 0 saturated heterocycles. The Morgan fingerprint density at radius 3 is 2.88 bits per heavy atom. The summed E-state index contributed by atoms with van der Waals surface area (Å²) in [6.07, 6.45) is 10.3. The Hall–Kier alpha value is -3.23. The average Bonchev–Trinajstić information content (AvgIpc) is 3.34. The maximum atomic E-state index is 12.1. The van der Waals surface area contributed by atoms with E-state index < -0.39 is 0 Å². The standard InChI is InChI=1S/C23H21ClN6OS/c1-13-27-21-19(30(13)8-7-16-10-25-12-26-16)6-3-14-9-15(24)4-5-17(14)20(21)18-11-29(2)23(31)28-22(18)32/h3-6,9-12,20H,7-8H2,1-2H3,(H,25,26)(H,28,31,32). The van der Waals surface area contributed by atoms with Crippen LogP contribution in [0.4, 0.5) is 0 Å². The second-order valence-corrected chi connectivity index (χ2v) is 8.73. The lowest BCUT2D eigenvalue weighted by molar-refractivity contribution is 0.660. The topological polar surface area (TPSA) is 84.3 Å². The molecule has 0 aliphatic heterocycles. The highest BCUT2D eigenvalue weighted by Gasteiger charge is 2.29. The number of hydrogen-bond acceptors (Lipinski definition) is 4. The first-order valence-corrected chi connectivity index (χ1v) is 11.0. The van der Waals surface area contributed by atoms with Gasteiger partial charge in [-0.25, -0.2) is 14.8 Å². The zero-order valence-corrected chi connectivity index (χ0v) is 19.2. The quantitative estimate of drug-likeness (QED) is 0.390. The van der Waals surface area contributed by atoms with Crippen LogP contribution in [0.1, 0.15) is 45.5 Å². The Kier molecular flexibility index (Phi) is 5.19. The van der Waals surface area contributed by atoms with Crippen LogP contribution in [-0.4, -0.2) is 29.1 Å². The molecule has 0 amide bonds. The van der Waals surface area contributed by atoms with Gasteiger partial charge in [0.15, 0.2) is 0 Å². The van der Waals surface area contributed by atoms with Gasteiger partial charge in [-0.05, 0) is 36.3 Å². The summed E-state index contributed by atoms with van der Waals surface area (Å²) in [4.78, 5) is 27.2. The summed E-state index contributed by atoms with van der Waals surface area (Å²) in [5.41, 5.74) is 5.53. The molecule has 0 fully saturated rings. The van der Waals surface area contributed by atoms with E-state index in [4.69, 9.17) is 28.8 Å². The first-order valence-electron chi connectivity index (χ1n) is 10.2. The zero-order chi connectivity index (χ0) is 22.4. The molecule has 7 nitrogen and oxygen atoms in total. The number of fused-ring (bicyclic) bond motifs is 2. The third-order valence-electron chi connectivity index (χ3n) is 5.87. The molecule has 0 spiro atoms. The summed E-state index contributed by atoms with van der Waals surface area (Å²) in [7, 11) is 1.71. The molecule has 0 radical (unpaired) electrons. The SMILES string of the molecule is Cc1nc2c(n1CCc1c[nH]cn1)C=Cc1cc(Cl)ccc1C2c1cn(C)c(=O)[nH]c1=S. The molecule has 162 valence electrons. The van der Waals surface area contributed by atoms with Crippen LogP contribution in [0.5, 0.6) is 0 Å². The number of H-pyrrole nitrogens is 2. The van der Waals surface area contributed by atoms with Crippen LogP contribution in [0.15, 0.2) is 41.7 Å². The fourth-order valence-corrected chi connectivity index (χ4v) is 4.74. The largest absolute Gasteiger partial charge is 0.351 e. The van der Waals surface area contributed by atoms with Crippen molar-refractivity contribution in [1.29, 1.82) is 0 Å². The molecule has 1 aliphatic rings. The third kappa shape index (κ3) is 3.55. The summed E-state index contributed by atoms with van der Waals surface area (Å²) >= 11 is 11.9. The van der Waals surface area contributed by atoms with Crippen LogP contribution in [0.25, 0.3) is 12.2 Å². The van der Waals surface area contributed by atoms with Crippen LogP contribution in [0.2, 0.25) is 5.02 Å². The molecule has 5 rings (SSSR count). The molecule has 1 unspecified atom stereocenters. The number of rotatable bonds is 4. The molecule has 1 aliphatic carbocycles. The van der Waals surface area contributed by atoms with Gasteiger partial charge in [0.25, 0.3) is 0 Å². The minimum Gasteiger partial charge on any atom is -0.351 e. The Morgan fingerprint density at radius 1 is 1.25 bits per heavy atom. The molecular weight excluding hydrogens is 444 g/mol. The Morgan fingerprint density at radius 2 is 2.09 bits per heavy atom. The minimum absolute atomic E-state index is 0.242. The van der Waals surface area contributed by atoms with Crippen molar-refractivity contribution in [2.45, 2.75) is 25.8 Å². The van der Waals surface area contributed by atoms with Crippen LogP contribution in [0, 0.1) is 11.6 Å². The van der Waals surface area contributed by atoms with Crippen molar-refractivity contribution in [3.05, 3.63) is 96.7 Å². The molecule has 32 heavy (non-hydrogen) atoms. The van der Waals surface area contributed by atoms with Crippen LogP contribution in [0.3, 0.4) is 0 Å².